The Morgan fingerprint density at radius 1 is 1.00 bits per heavy atom. The lowest BCUT2D eigenvalue weighted by atomic mass is 10.1. The molecule has 0 saturated carbocycles. The van der Waals surface area contributed by atoms with Gasteiger partial charge in [-0.3, -0.25) is 0 Å². The molecule has 2 aromatic carbocycles. The van der Waals surface area contributed by atoms with E-state index in [1.54, 1.807) is 17.8 Å². The lowest BCUT2D eigenvalue weighted by Crippen LogP contribution is -2.35. The zero-order valence-corrected chi connectivity index (χ0v) is 14.7. The molecule has 0 spiro atoms. The van der Waals surface area contributed by atoms with Crippen LogP contribution in [0.5, 0.6) is 0 Å². The van der Waals surface area contributed by atoms with Crippen LogP contribution in [0.1, 0.15) is 26.3 Å². The smallest absolute Gasteiger partial charge is 0.0546 e. The Labute approximate surface area is 141 Å². The summed E-state index contributed by atoms with van der Waals surface area (Å²) in [6.45, 7) is 7.31. The molecule has 21 heavy (non-hydrogen) atoms. The average molecular weight is 340 g/mol. The zero-order chi connectivity index (χ0) is 15.5. The second-order valence-corrected chi connectivity index (χ2v) is 7.82. The van der Waals surface area contributed by atoms with Crippen molar-refractivity contribution in [1.82, 2.24) is 5.32 Å². The first-order valence-corrected chi connectivity index (χ1v) is 8.38. The van der Waals surface area contributed by atoms with E-state index >= 15 is 0 Å². The highest BCUT2D eigenvalue weighted by Gasteiger charge is 2.12. The molecule has 0 aromatic heterocycles. The Morgan fingerprint density at radius 2 is 1.71 bits per heavy atom. The molecular formula is C17H19Cl2NS. The summed E-state index contributed by atoms with van der Waals surface area (Å²) in [5.74, 6) is 0. The van der Waals surface area contributed by atoms with E-state index in [-0.39, 0.29) is 5.54 Å². The summed E-state index contributed by atoms with van der Waals surface area (Å²) in [5, 5.41) is 4.94. The number of halogens is 2. The molecule has 1 N–H and O–H groups in total. The molecule has 0 saturated heterocycles. The van der Waals surface area contributed by atoms with Gasteiger partial charge >= 0.3 is 0 Å². The third-order valence-electron chi connectivity index (χ3n) is 2.89. The normalized spacial score (nSPS) is 11.7. The molecule has 4 heteroatoms. The number of hydrogen-bond acceptors (Lipinski definition) is 2. The number of rotatable bonds is 4. The molecule has 0 unspecified atom stereocenters. The molecule has 0 bridgehead atoms. The van der Waals surface area contributed by atoms with Crippen LogP contribution >= 0.6 is 35.0 Å². The lowest BCUT2D eigenvalue weighted by Gasteiger charge is -2.21. The van der Waals surface area contributed by atoms with Gasteiger partial charge in [0.05, 0.1) is 5.02 Å². The Kier molecular flexibility index (Phi) is 5.61. The highest BCUT2D eigenvalue weighted by Crippen LogP contribution is 2.36. The van der Waals surface area contributed by atoms with E-state index < -0.39 is 0 Å². The van der Waals surface area contributed by atoms with E-state index in [2.05, 4.69) is 44.3 Å². The minimum Gasteiger partial charge on any atom is -0.308 e. The summed E-state index contributed by atoms with van der Waals surface area (Å²) in [6, 6.07) is 13.9. The molecule has 1 nitrogen and oxygen atoms in total. The van der Waals surface area contributed by atoms with Crippen LogP contribution in [-0.4, -0.2) is 5.54 Å². The van der Waals surface area contributed by atoms with E-state index in [0.29, 0.717) is 5.02 Å². The van der Waals surface area contributed by atoms with Crippen LogP contribution in [0.4, 0.5) is 0 Å². The van der Waals surface area contributed by atoms with E-state index in [9.17, 15) is 0 Å². The largest absolute Gasteiger partial charge is 0.308 e. The van der Waals surface area contributed by atoms with Crippen LogP contribution in [0.3, 0.4) is 0 Å². The van der Waals surface area contributed by atoms with Crippen molar-refractivity contribution < 1.29 is 0 Å². The Hall–Kier alpha value is -0.670. The molecule has 2 aromatic rings. The van der Waals surface area contributed by atoms with Crippen molar-refractivity contribution in [2.75, 3.05) is 0 Å². The van der Waals surface area contributed by atoms with Crippen molar-refractivity contribution in [1.29, 1.82) is 0 Å². The van der Waals surface area contributed by atoms with Crippen LogP contribution in [0.2, 0.25) is 10.0 Å². The summed E-state index contributed by atoms with van der Waals surface area (Å²) < 4.78 is 0. The van der Waals surface area contributed by atoms with Gasteiger partial charge in [0.1, 0.15) is 0 Å². The van der Waals surface area contributed by atoms with Crippen LogP contribution in [0, 0.1) is 0 Å². The summed E-state index contributed by atoms with van der Waals surface area (Å²) >= 11 is 14.0. The first kappa shape index (κ1) is 16.7. The van der Waals surface area contributed by atoms with Gasteiger partial charge in [0.2, 0.25) is 0 Å². The molecule has 0 radical (unpaired) electrons. The Balaban J connectivity index is 2.22. The molecule has 0 aliphatic carbocycles. The van der Waals surface area contributed by atoms with Crippen LogP contribution < -0.4 is 5.32 Å². The first-order valence-electron chi connectivity index (χ1n) is 6.81. The minimum atomic E-state index is 0.0888. The molecule has 0 aliphatic rings. The van der Waals surface area contributed by atoms with Gasteiger partial charge in [-0.05, 0) is 50.6 Å². The predicted molar refractivity (Wildman–Crippen MR) is 93.6 cm³/mol. The quantitative estimate of drug-likeness (QED) is 0.729. The molecule has 0 fully saturated rings. The standard InChI is InChI=1S/C17H19Cl2NS/c1-17(2,3)20-11-12-6-4-5-7-15(12)21-16-10-13(18)8-9-14(16)19/h4-10,20H,11H2,1-3H3. The second-order valence-electron chi connectivity index (χ2n) is 5.89. The van der Waals surface area contributed by atoms with Gasteiger partial charge in [-0.15, -0.1) is 0 Å². The molecule has 112 valence electrons. The Bertz CT molecular complexity index is 620. The first-order chi connectivity index (χ1) is 9.85. The summed E-state index contributed by atoms with van der Waals surface area (Å²) in [7, 11) is 0. The average Bonchev–Trinajstić information content (AvgIpc) is 2.41. The fourth-order valence-electron chi connectivity index (χ4n) is 1.78. The maximum Gasteiger partial charge on any atom is 0.0546 e. The highest BCUT2D eigenvalue weighted by molar-refractivity contribution is 7.99. The maximum atomic E-state index is 6.25. The van der Waals surface area contributed by atoms with Gasteiger partial charge in [0.25, 0.3) is 0 Å². The summed E-state index contributed by atoms with van der Waals surface area (Å²) in [4.78, 5) is 2.17. The van der Waals surface area contributed by atoms with Crippen molar-refractivity contribution in [3.05, 3.63) is 58.1 Å². The second kappa shape index (κ2) is 7.06. The lowest BCUT2D eigenvalue weighted by molar-refractivity contribution is 0.422. The topological polar surface area (TPSA) is 12.0 Å². The molecule has 0 aliphatic heterocycles. The van der Waals surface area contributed by atoms with Crippen molar-refractivity contribution in [2.45, 2.75) is 42.6 Å². The summed E-state index contributed by atoms with van der Waals surface area (Å²) in [5.41, 5.74) is 1.35. The molecule has 0 atom stereocenters. The maximum absolute atomic E-state index is 6.25. The van der Waals surface area contributed by atoms with Gasteiger partial charge in [-0.1, -0.05) is 53.2 Å². The van der Waals surface area contributed by atoms with Gasteiger partial charge in [-0.25, -0.2) is 0 Å². The van der Waals surface area contributed by atoms with Gasteiger partial charge in [-0.2, -0.15) is 0 Å². The number of benzene rings is 2. The van der Waals surface area contributed by atoms with Crippen molar-refractivity contribution in [3.63, 3.8) is 0 Å². The molecule has 0 heterocycles. The van der Waals surface area contributed by atoms with Crippen LogP contribution in [0.15, 0.2) is 52.3 Å². The zero-order valence-electron chi connectivity index (χ0n) is 12.4. The fourth-order valence-corrected chi connectivity index (χ4v) is 3.26. The third kappa shape index (κ3) is 5.23. The Morgan fingerprint density at radius 3 is 2.43 bits per heavy atom. The van der Waals surface area contributed by atoms with E-state index in [0.717, 1.165) is 16.5 Å². The molecular weight excluding hydrogens is 321 g/mol. The van der Waals surface area contributed by atoms with Crippen LogP contribution in [-0.2, 0) is 6.54 Å². The van der Waals surface area contributed by atoms with Gasteiger partial charge < -0.3 is 5.32 Å². The number of hydrogen-bond donors (Lipinski definition) is 1. The van der Waals surface area contributed by atoms with Gasteiger partial charge in [0, 0.05) is 26.9 Å². The van der Waals surface area contributed by atoms with Crippen molar-refractivity contribution in [2.24, 2.45) is 0 Å². The van der Waals surface area contributed by atoms with Crippen LogP contribution in [0.25, 0.3) is 0 Å². The fraction of sp³-hybridized carbons (Fsp3) is 0.294. The third-order valence-corrected chi connectivity index (χ3v) is 4.75. The minimum absolute atomic E-state index is 0.0888. The van der Waals surface area contributed by atoms with Gasteiger partial charge in [0.15, 0.2) is 0 Å². The monoisotopic (exact) mass is 339 g/mol. The summed E-state index contributed by atoms with van der Waals surface area (Å²) in [6.07, 6.45) is 0. The van der Waals surface area contributed by atoms with Crippen molar-refractivity contribution in [3.8, 4) is 0 Å². The van der Waals surface area contributed by atoms with Crippen molar-refractivity contribution >= 4 is 35.0 Å². The predicted octanol–water partition coefficient (Wildman–Crippen LogP) is 6.03. The van der Waals surface area contributed by atoms with E-state index in [1.807, 2.05) is 18.2 Å². The number of nitrogens with one attached hydrogen (secondary N) is 1. The van der Waals surface area contributed by atoms with E-state index in [1.165, 1.54) is 10.5 Å². The van der Waals surface area contributed by atoms with E-state index in [4.69, 9.17) is 23.2 Å². The molecule has 0 amide bonds. The highest BCUT2D eigenvalue weighted by atomic mass is 35.5. The SMILES string of the molecule is CC(C)(C)NCc1ccccc1Sc1cc(Cl)ccc1Cl. The molecule has 2 rings (SSSR count).